The number of amides is 1. The van der Waals surface area contributed by atoms with E-state index in [1.165, 1.54) is 10.6 Å². The van der Waals surface area contributed by atoms with Crippen molar-refractivity contribution in [1.82, 2.24) is 19.4 Å². The lowest BCUT2D eigenvalue weighted by molar-refractivity contribution is 0.0774. The Bertz CT molecular complexity index is 1100. The molecule has 1 N–H and O–H groups in total. The minimum absolute atomic E-state index is 0.0850. The Morgan fingerprint density at radius 1 is 1.07 bits per heavy atom. The van der Waals surface area contributed by atoms with Gasteiger partial charge in [0.2, 0.25) is 5.95 Å². The maximum Gasteiger partial charge on any atom is 0.255 e. The number of nitrogens with one attached hydrogen (secondary N) is 1. The summed E-state index contributed by atoms with van der Waals surface area (Å²) in [6.45, 7) is 1.46. The molecule has 2 aromatic heterocycles. The molecule has 1 aliphatic heterocycles. The molecule has 146 valence electrons. The highest BCUT2D eigenvalue weighted by atomic mass is 16.2. The molecular weight excluding hydrogens is 366 g/mol. The zero-order valence-corrected chi connectivity index (χ0v) is 16.0. The Morgan fingerprint density at radius 2 is 1.76 bits per heavy atom. The van der Waals surface area contributed by atoms with Gasteiger partial charge in [0.15, 0.2) is 0 Å². The van der Waals surface area contributed by atoms with E-state index in [1.54, 1.807) is 19.4 Å². The number of hydrogen-bond donors (Lipinski definition) is 1. The van der Waals surface area contributed by atoms with Crippen LogP contribution in [0.1, 0.15) is 10.4 Å². The summed E-state index contributed by atoms with van der Waals surface area (Å²) in [7, 11) is 1.72. The lowest BCUT2D eigenvalue weighted by atomic mass is 10.2. The molecule has 0 spiro atoms. The Labute approximate surface area is 168 Å². The van der Waals surface area contributed by atoms with Crippen LogP contribution in [0.3, 0.4) is 0 Å². The Morgan fingerprint density at radius 3 is 2.45 bits per heavy atom. The van der Waals surface area contributed by atoms with Gasteiger partial charge in [-0.2, -0.15) is 0 Å². The monoisotopic (exact) mass is 387 g/mol. The molecule has 7 heteroatoms. The van der Waals surface area contributed by atoms with Gasteiger partial charge in [-0.1, -0.05) is 18.2 Å². The van der Waals surface area contributed by atoms with Gasteiger partial charge < -0.3 is 10.2 Å². The summed E-state index contributed by atoms with van der Waals surface area (Å²) in [4.78, 5) is 35.6. The van der Waals surface area contributed by atoms with E-state index in [0.717, 1.165) is 24.2 Å². The smallest absolute Gasteiger partial charge is 0.255 e. The minimum Gasteiger partial charge on any atom is -0.352 e. The predicted molar refractivity (Wildman–Crippen MR) is 109 cm³/mol. The topological polar surface area (TPSA) is 80.1 Å². The molecule has 29 heavy (non-hydrogen) atoms. The molecule has 0 radical (unpaired) electrons. The second-order valence-corrected chi connectivity index (χ2v) is 7.67. The van der Waals surface area contributed by atoms with Crippen molar-refractivity contribution in [3.63, 3.8) is 0 Å². The number of carbonyl (C=O) groups excluding carboxylic acids is 1. The number of piperidine rings is 1. The first-order valence-electron chi connectivity index (χ1n) is 9.71. The quantitative estimate of drug-likeness (QED) is 0.741. The molecular formula is C22H21N5O2. The molecule has 3 aromatic rings. The Kier molecular flexibility index (Phi) is 4.16. The van der Waals surface area contributed by atoms with Gasteiger partial charge in [-0.15, -0.1) is 0 Å². The van der Waals surface area contributed by atoms with Gasteiger partial charge in [0.1, 0.15) is 0 Å². The molecule has 2 unspecified atom stereocenters. The number of hydrogen-bond acceptors (Lipinski definition) is 5. The lowest BCUT2D eigenvalue weighted by Gasteiger charge is -2.21. The van der Waals surface area contributed by atoms with Crippen LogP contribution in [0.25, 0.3) is 11.3 Å². The maximum absolute atomic E-state index is 12.6. The van der Waals surface area contributed by atoms with E-state index >= 15 is 0 Å². The molecule has 2 atom stereocenters. The van der Waals surface area contributed by atoms with E-state index in [1.807, 2.05) is 47.4 Å². The highest BCUT2D eigenvalue weighted by Crippen LogP contribution is 2.47. The molecule has 5 rings (SSSR count). The van der Waals surface area contributed by atoms with Gasteiger partial charge in [0.05, 0.1) is 5.69 Å². The number of likely N-dealkylation sites (tertiary alicyclic amines) is 1. The Hall–Kier alpha value is -3.48. The number of nitrogens with zero attached hydrogens (tertiary/aromatic N) is 4. The summed E-state index contributed by atoms with van der Waals surface area (Å²) in [5.41, 5.74) is 2.11. The SMILES string of the molecule is Cn1c(NC2C3CN(C(=O)c4ccccc4)CC32)nc(-c2ccncc2)cc1=O. The van der Waals surface area contributed by atoms with Gasteiger partial charge in [-0.25, -0.2) is 4.98 Å². The number of aromatic nitrogens is 3. The van der Waals surface area contributed by atoms with Crippen molar-refractivity contribution in [2.45, 2.75) is 6.04 Å². The molecule has 7 nitrogen and oxygen atoms in total. The van der Waals surface area contributed by atoms with Crippen LogP contribution in [0.5, 0.6) is 0 Å². The summed E-state index contributed by atoms with van der Waals surface area (Å²) in [6.07, 6.45) is 3.37. The fourth-order valence-electron chi connectivity index (χ4n) is 4.16. The van der Waals surface area contributed by atoms with Gasteiger partial charge in [-0.05, 0) is 24.3 Å². The van der Waals surface area contributed by atoms with Gasteiger partial charge >= 0.3 is 0 Å². The van der Waals surface area contributed by atoms with Crippen LogP contribution >= 0.6 is 0 Å². The van der Waals surface area contributed by atoms with Gasteiger partial charge in [0, 0.05) is 67.6 Å². The Balaban J connectivity index is 1.29. The third-order valence-electron chi connectivity index (χ3n) is 5.91. The second kappa shape index (κ2) is 6.84. The fraction of sp³-hybridized carbons (Fsp3) is 0.273. The summed E-state index contributed by atoms with van der Waals surface area (Å²) < 4.78 is 1.53. The minimum atomic E-state index is -0.110. The van der Waals surface area contributed by atoms with Gasteiger partial charge in [-0.3, -0.25) is 19.1 Å². The van der Waals surface area contributed by atoms with E-state index in [2.05, 4.69) is 15.3 Å². The van der Waals surface area contributed by atoms with Crippen molar-refractivity contribution in [2.75, 3.05) is 18.4 Å². The molecule has 3 heterocycles. The van der Waals surface area contributed by atoms with E-state index in [4.69, 9.17) is 0 Å². The molecule has 1 amide bonds. The van der Waals surface area contributed by atoms with Crippen LogP contribution in [0.2, 0.25) is 0 Å². The number of rotatable bonds is 4. The number of carbonyl (C=O) groups is 1. The van der Waals surface area contributed by atoms with Crippen LogP contribution in [0.15, 0.2) is 65.7 Å². The predicted octanol–water partition coefficient (Wildman–Crippen LogP) is 2.02. The molecule has 1 aliphatic carbocycles. The largest absolute Gasteiger partial charge is 0.352 e. The molecule has 1 aromatic carbocycles. The molecule has 1 saturated heterocycles. The van der Waals surface area contributed by atoms with Crippen LogP contribution < -0.4 is 10.9 Å². The third-order valence-corrected chi connectivity index (χ3v) is 5.91. The number of benzene rings is 1. The average Bonchev–Trinajstić information content (AvgIpc) is 3.19. The maximum atomic E-state index is 12.6. The highest BCUT2D eigenvalue weighted by molar-refractivity contribution is 5.94. The van der Waals surface area contributed by atoms with Crippen LogP contribution in [0.4, 0.5) is 5.95 Å². The molecule has 2 fully saturated rings. The second-order valence-electron chi connectivity index (χ2n) is 7.67. The van der Waals surface area contributed by atoms with Crippen molar-refractivity contribution in [1.29, 1.82) is 0 Å². The van der Waals surface area contributed by atoms with Crippen molar-refractivity contribution in [3.05, 3.63) is 76.8 Å². The first kappa shape index (κ1) is 17.6. The fourth-order valence-corrected chi connectivity index (χ4v) is 4.16. The van der Waals surface area contributed by atoms with Crippen molar-refractivity contribution >= 4 is 11.9 Å². The van der Waals surface area contributed by atoms with Crippen molar-refractivity contribution in [2.24, 2.45) is 18.9 Å². The van der Waals surface area contributed by atoms with E-state index in [0.29, 0.717) is 23.5 Å². The number of pyridine rings is 1. The summed E-state index contributed by atoms with van der Waals surface area (Å²) in [5.74, 6) is 1.43. The first-order chi connectivity index (χ1) is 14.1. The zero-order chi connectivity index (χ0) is 20.0. The summed E-state index contributed by atoms with van der Waals surface area (Å²) in [6, 6.07) is 14.8. The first-order valence-corrected chi connectivity index (χ1v) is 9.71. The van der Waals surface area contributed by atoms with E-state index in [9.17, 15) is 9.59 Å². The van der Waals surface area contributed by atoms with E-state index < -0.39 is 0 Å². The summed E-state index contributed by atoms with van der Waals surface area (Å²) in [5, 5.41) is 3.43. The zero-order valence-electron chi connectivity index (χ0n) is 16.0. The van der Waals surface area contributed by atoms with Crippen LogP contribution in [-0.2, 0) is 7.05 Å². The summed E-state index contributed by atoms with van der Waals surface area (Å²) >= 11 is 0. The number of fused-ring (bicyclic) bond motifs is 1. The van der Waals surface area contributed by atoms with Crippen LogP contribution in [0, 0.1) is 11.8 Å². The van der Waals surface area contributed by atoms with Crippen molar-refractivity contribution < 1.29 is 4.79 Å². The van der Waals surface area contributed by atoms with Crippen LogP contribution in [-0.4, -0.2) is 44.5 Å². The highest BCUT2D eigenvalue weighted by Gasteiger charge is 2.57. The average molecular weight is 387 g/mol. The third kappa shape index (κ3) is 3.18. The van der Waals surface area contributed by atoms with E-state index in [-0.39, 0.29) is 17.5 Å². The molecule has 0 bridgehead atoms. The van der Waals surface area contributed by atoms with Crippen molar-refractivity contribution in [3.8, 4) is 11.3 Å². The normalized spacial score (nSPS) is 22.2. The van der Waals surface area contributed by atoms with Gasteiger partial charge in [0.25, 0.3) is 11.5 Å². The standard InChI is InChI=1S/C22H21N5O2/c1-26-19(28)11-18(14-7-9-23-10-8-14)24-22(26)25-20-16-12-27(13-17(16)20)21(29)15-5-3-2-4-6-15/h2-11,16-17,20H,12-13H2,1H3,(H,24,25). The molecule has 2 aliphatic rings. The molecule has 1 saturated carbocycles. The number of anilines is 1. The lowest BCUT2D eigenvalue weighted by Crippen LogP contribution is -2.34.